The highest BCUT2D eigenvalue weighted by Crippen LogP contribution is 2.34. The summed E-state index contributed by atoms with van der Waals surface area (Å²) in [5.74, 6) is 0.388. The van der Waals surface area contributed by atoms with E-state index in [9.17, 15) is 5.11 Å². The second kappa shape index (κ2) is 4.41. The molecule has 2 N–H and O–H groups in total. The number of benzene rings is 1. The van der Waals surface area contributed by atoms with Crippen LogP contribution >= 0.6 is 0 Å². The van der Waals surface area contributed by atoms with Crippen molar-refractivity contribution in [3.8, 4) is 0 Å². The third-order valence-corrected chi connectivity index (χ3v) is 4.15. The van der Waals surface area contributed by atoms with Crippen LogP contribution < -0.4 is 10.2 Å². The van der Waals surface area contributed by atoms with Crippen LogP contribution in [0.25, 0.3) is 0 Å². The fourth-order valence-corrected chi connectivity index (χ4v) is 3.18. The molecule has 1 aromatic rings. The van der Waals surface area contributed by atoms with Crippen LogP contribution in [0.1, 0.15) is 6.92 Å². The van der Waals surface area contributed by atoms with Crippen molar-refractivity contribution >= 4 is 5.69 Å². The summed E-state index contributed by atoms with van der Waals surface area (Å²) in [5, 5.41) is 13.4. The number of fused-ring (bicyclic) bond motifs is 1. The number of nitrogens with one attached hydrogen (secondary N) is 1. The molecular formula is C15H20N2O. The predicted octanol–water partition coefficient (Wildman–Crippen LogP) is 1.40. The fraction of sp³-hybridized carbons (Fsp3) is 0.467. The Balaban J connectivity index is 1.87. The van der Waals surface area contributed by atoms with Crippen LogP contribution in [0.2, 0.25) is 0 Å². The van der Waals surface area contributed by atoms with Gasteiger partial charge in [0, 0.05) is 30.7 Å². The summed E-state index contributed by atoms with van der Waals surface area (Å²) in [7, 11) is 0. The molecule has 2 heterocycles. The van der Waals surface area contributed by atoms with Gasteiger partial charge in [-0.05, 0) is 19.1 Å². The van der Waals surface area contributed by atoms with Crippen molar-refractivity contribution in [2.75, 3.05) is 24.6 Å². The second-order valence-electron chi connectivity index (χ2n) is 5.45. The summed E-state index contributed by atoms with van der Waals surface area (Å²) < 4.78 is 0. The van der Waals surface area contributed by atoms with E-state index in [0.29, 0.717) is 12.0 Å². The fourth-order valence-electron chi connectivity index (χ4n) is 3.18. The van der Waals surface area contributed by atoms with Crippen LogP contribution in [-0.2, 0) is 0 Å². The van der Waals surface area contributed by atoms with Crippen molar-refractivity contribution in [3.05, 3.63) is 42.5 Å². The molecule has 1 fully saturated rings. The van der Waals surface area contributed by atoms with E-state index < -0.39 is 0 Å². The maximum atomic E-state index is 9.81. The molecule has 0 unspecified atom stereocenters. The van der Waals surface area contributed by atoms with Crippen LogP contribution in [0.5, 0.6) is 0 Å². The maximum absolute atomic E-state index is 9.81. The highest BCUT2D eigenvalue weighted by molar-refractivity contribution is 5.49. The molecule has 0 amide bonds. The lowest BCUT2D eigenvalue weighted by molar-refractivity contribution is 0.141. The molecule has 0 spiro atoms. The number of anilines is 1. The van der Waals surface area contributed by atoms with Crippen molar-refractivity contribution < 1.29 is 5.11 Å². The summed E-state index contributed by atoms with van der Waals surface area (Å²) in [6.07, 6.45) is 4.47. The van der Waals surface area contributed by atoms with Crippen molar-refractivity contribution in [2.45, 2.75) is 18.5 Å². The number of hydrogen-bond donors (Lipinski definition) is 2. The first kappa shape index (κ1) is 11.8. The molecule has 96 valence electrons. The Labute approximate surface area is 108 Å². The first-order valence-electron chi connectivity index (χ1n) is 6.60. The molecule has 0 aromatic heterocycles. The summed E-state index contributed by atoms with van der Waals surface area (Å²) in [6, 6.07) is 10.8. The molecule has 3 atom stereocenters. The SMILES string of the molecule is C[C@@H]1C=C[C@@H]2CN(c3ccccc3)C[C@@]2(CO)N1. The number of hydrogen-bond acceptors (Lipinski definition) is 3. The quantitative estimate of drug-likeness (QED) is 0.772. The number of para-hydroxylation sites is 1. The monoisotopic (exact) mass is 244 g/mol. The normalized spacial score (nSPS) is 34.7. The van der Waals surface area contributed by atoms with Gasteiger partial charge in [0.2, 0.25) is 0 Å². The molecule has 0 radical (unpaired) electrons. The molecule has 0 bridgehead atoms. The Morgan fingerprint density at radius 2 is 2.11 bits per heavy atom. The molecule has 18 heavy (non-hydrogen) atoms. The van der Waals surface area contributed by atoms with Crippen molar-refractivity contribution in [2.24, 2.45) is 5.92 Å². The molecule has 2 aliphatic rings. The van der Waals surface area contributed by atoms with Gasteiger partial charge in [-0.25, -0.2) is 0 Å². The lowest BCUT2D eigenvalue weighted by Crippen LogP contribution is -2.59. The molecule has 0 aliphatic carbocycles. The zero-order chi connectivity index (χ0) is 12.6. The first-order valence-corrected chi connectivity index (χ1v) is 6.60. The van der Waals surface area contributed by atoms with Gasteiger partial charge in [-0.3, -0.25) is 0 Å². The van der Waals surface area contributed by atoms with Gasteiger partial charge in [-0.2, -0.15) is 0 Å². The summed E-state index contributed by atoms with van der Waals surface area (Å²) in [4.78, 5) is 2.36. The number of aliphatic hydroxyl groups excluding tert-OH is 1. The third kappa shape index (κ3) is 1.84. The first-order chi connectivity index (χ1) is 8.73. The number of rotatable bonds is 2. The Morgan fingerprint density at radius 1 is 1.33 bits per heavy atom. The Hall–Kier alpha value is -1.32. The lowest BCUT2D eigenvalue weighted by atomic mass is 9.83. The van der Waals surface area contributed by atoms with Gasteiger partial charge in [-0.15, -0.1) is 0 Å². The van der Waals surface area contributed by atoms with E-state index in [-0.39, 0.29) is 12.1 Å². The van der Waals surface area contributed by atoms with Gasteiger partial charge >= 0.3 is 0 Å². The molecule has 3 heteroatoms. The van der Waals surface area contributed by atoms with E-state index in [4.69, 9.17) is 0 Å². The second-order valence-corrected chi connectivity index (χ2v) is 5.45. The molecule has 1 saturated heterocycles. The largest absolute Gasteiger partial charge is 0.394 e. The summed E-state index contributed by atoms with van der Waals surface area (Å²) in [5.41, 5.74) is 1.06. The van der Waals surface area contributed by atoms with Crippen LogP contribution in [0, 0.1) is 5.92 Å². The summed E-state index contributed by atoms with van der Waals surface area (Å²) in [6.45, 7) is 4.17. The zero-order valence-corrected chi connectivity index (χ0v) is 10.7. The molecule has 0 saturated carbocycles. The van der Waals surface area contributed by atoms with Gasteiger partial charge in [0.25, 0.3) is 0 Å². The highest BCUT2D eigenvalue weighted by atomic mass is 16.3. The highest BCUT2D eigenvalue weighted by Gasteiger charge is 2.47. The minimum atomic E-state index is -0.177. The minimum absolute atomic E-state index is 0.177. The van der Waals surface area contributed by atoms with Gasteiger partial charge in [0.15, 0.2) is 0 Å². The molecule has 3 rings (SSSR count). The maximum Gasteiger partial charge on any atom is 0.0676 e. The predicted molar refractivity (Wildman–Crippen MR) is 73.7 cm³/mol. The van der Waals surface area contributed by atoms with Crippen LogP contribution in [-0.4, -0.2) is 36.4 Å². The van der Waals surface area contributed by atoms with E-state index in [0.717, 1.165) is 13.1 Å². The zero-order valence-electron chi connectivity index (χ0n) is 10.7. The van der Waals surface area contributed by atoms with Crippen molar-refractivity contribution in [3.63, 3.8) is 0 Å². The van der Waals surface area contributed by atoms with E-state index in [1.807, 2.05) is 6.07 Å². The van der Waals surface area contributed by atoms with Gasteiger partial charge in [-0.1, -0.05) is 30.4 Å². The number of nitrogens with zero attached hydrogens (tertiary/aromatic N) is 1. The Bertz CT molecular complexity index is 445. The smallest absolute Gasteiger partial charge is 0.0676 e. The standard InChI is InChI=1S/C15H20N2O/c1-12-7-8-13-9-17(10-15(13,11-18)16-12)14-5-3-2-4-6-14/h2-8,12-13,16,18H,9-11H2,1H3/t12-,13-,15+/m1/s1. The van der Waals surface area contributed by atoms with Gasteiger partial charge in [0.1, 0.15) is 0 Å². The number of aliphatic hydroxyl groups is 1. The van der Waals surface area contributed by atoms with Crippen LogP contribution in [0.4, 0.5) is 5.69 Å². The average molecular weight is 244 g/mol. The lowest BCUT2D eigenvalue weighted by Gasteiger charge is -2.38. The van der Waals surface area contributed by atoms with E-state index in [2.05, 4.69) is 53.6 Å². The minimum Gasteiger partial charge on any atom is -0.394 e. The molecule has 1 aromatic carbocycles. The third-order valence-electron chi connectivity index (χ3n) is 4.15. The molecule has 3 nitrogen and oxygen atoms in total. The molecular weight excluding hydrogens is 224 g/mol. The topological polar surface area (TPSA) is 35.5 Å². The average Bonchev–Trinajstić information content (AvgIpc) is 2.79. The van der Waals surface area contributed by atoms with Crippen LogP contribution in [0.15, 0.2) is 42.5 Å². The van der Waals surface area contributed by atoms with Crippen molar-refractivity contribution in [1.29, 1.82) is 0 Å². The Morgan fingerprint density at radius 3 is 2.83 bits per heavy atom. The van der Waals surface area contributed by atoms with E-state index >= 15 is 0 Å². The Kier molecular flexibility index (Phi) is 2.88. The van der Waals surface area contributed by atoms with Crippen LogP contribution in [0.3, 0.4) is 0 Å². The van der Waals surface area contributed by atoms with Gasteiger partial charge < -0.3 is 15.3 Å². The van der Waals surface area contributed by atoms with Gasteiger partial charge in [0.05, 0.1) is 12.1 Å². The molecule has 2 aliphatic heterocycles. The van der Waals surface area contributed by atoms with E-state index in [1.165, 1.54) is 5.69 Å². The van der Waals surface area contributed by atoms with E-state index in [1.54, 1.807) is 0 Å². The van der Waals surface area contributed by atoms with Crippen molar-refractivity contribution in [1.82, 2.24) is 5.32 Å². The summed E-state index contributed by atoms with van der Waals surface area (Å²) >= 11 is 0.